The fraction of sp³-hybridized carbons (Fsp3) is 1.00. The number of thioether (sulfide) groups is 1. The third-order valence-corrected chi connectivity index (χ3v) is 4.71. The van der Waals surface area contributed by atoms with E-state index in [-0.39, 0.29) is 0 Å². The molecule has 0 spiro atoms. The average molecular weight is 368 g/mol. The Labute approximate surface area is 88.2 Å². The molecule has 0 unspecified atom stereocenters. The summed E-state index contributed by atoms with van der Waals surface area (Å²) in [4.78, 5) is 0. The van der Waals surface area contributed by atoms with Gasteiger partial charge in [0.2, 0.25) is 0 Å². The van der Waals surface area contributed by atoms with Crippen molar-refractivity contribution in [3.05, 3.63) is 0 Å². The Morgan fingerprint density at radius 1 is 1.22 bits per heavy atom. The van der Waals surface area contributed by atoms with Crippen LogP contribution in [-0.4, -0.2) is 13.4 Å². The molecule has 0 aromatic heterocycles. The van der Waals surface area contributed by atoms with E-state index in [2.05, 4.69) is 56.9 Å². The molecule has 9 heavy (non-hydrogen) atoms. The minimum absolute atomic E-state index is 0.862. The minimum Gasteiger partial charge on any atom is -0.162 e. The summed E-state index contributed by atoms with van der Waals surface area (Å²) in [6.07, 6.45) is 2.89. The highest BCUT2D eigenvalue weighted by Crippen LogP contribution is 2.32. The van der Waals surface area contributed by atoms with Gasteiger partial charge >= 0.3 is 0 Å². The van der Waals surface area contributed by atoms with Crippen LogP contribution in [0, 0.1) is 5.92 Å². The lowest BCUT2D eigenvalue weighted by Crippen LogP contribution is -2.14. The monoisotopic (exact) mass is 368 g/mol. The molecule has 0 amide bonds. The molecule has 0 saturated carbocycles. The van der Waals surface area contributed by atoms with Crippen LogP contribution in [0.15, 0.2) is 0 Å². The van der Waals surface area contributed by atoms with E-state index in [0.717, 1.165) is 7.85 Å². The van der Waals surface area contributed by atoms with Gasteiger partial charge in [0, 0.05) is 0 Å². The average Bonchev–Trinajstić information content (AvgIpc) is 1.90. The van der Waals surface area contributed by atoms with Gasteiger partial charge in [-0.3, -0.25) is 0 Å². The number of rotatable bonds is 1. The zero-order valence-corrected chi connectivity index (χ0v) is 10.3. The van der Waals surface area contributed by atoms with Crippen LogP contribution >= 0.6 is 56.9 Å². The van der Waals surface area contributed by atoms with Crippen molar-refractivity contribution in [3.63, 3.8) is 0 Å². The SMILES string of the molecule is IC(I)C1CCSCC1. The van der Waals surface area contributed by atoms with Gasteiger partial charge in [0.1, 0.15) is 0 Å². The molecule has 1 saturated heterocycles. The van der Waals surface area contributed by atoms with Crippen molar-refractivity contribution in [1.29, 1.82) is 0 Å². The molecule has 1 aliphatic heterocycles. The zero-order chi connectivity index (χ0) is 6.69. The van der Waals surface area contributed by atoms with Crippen molar-refractivity contribution < 1.29 is 0 Å². The van der Waals surface area contributed by atoms with Gasteiger partial charge in [0.25, 0.3) is 0 Å². The van der Waals surface area contributed by atoms with Crippen LogP contribution in [-0.2, 0) is 0 Å². The lowest BCUT2D eigenvalue weighted by Gasteiger charge is -2.22. The number of halogens is 2. The van der Waals surface area contributed by atoms with Crippen molar-refractivity contribution in [1.82, 2.24) is 0 Å². The lowest BCUT2D eigenvalue weighted by atomic mass is 10.1. The maximum Gasteiger partial charge on any atom is 0.0655 e. The first-order valence-electron chi connectivity index (χ1n) is 3.16. The molecule has 1 heterocycles. The van der Waals surface area contributed by atoms with Gasteiger partial charge in [-0.25, -0.2) is 0 Å². The summed E-state index contributed by atoms with van der Waals surface area (Å²) in [5.41, 5.74) is 0. The summed E-state index contributed by atoms with van der Waals surface area (Å²) in [5.74, 6) is 3.80. The topological polar surface area (TPSA) is 0 Å². The van der Waals surface area contributed by atoms with E-state index in [9.17, 15) is 0 Å². The first kappa shape index (κ1) is 8.90. The van der Waals surface area contributed by atoms with E-state index >= 15 is 0 Å². The first-order chi connectivity index (χ1) is 4.30. The molecule has 0 aromatic carbocycles. The lowest BCUT2D eigenvalue weighted by molar-refractivity contribution is 0.549. The molecule has 3 heteroatoms. The molecule has 0 bridgehead atoms. The molecular formula is C6H10I2S. The van der Waals surface area contributed by atoms with Crippen molar-refractivity contribution in [2.45, 2.75) is 14.8 Å². The van der Waals surface area contributed by atoms with Crippen molar-refractivity contribution in [3.8, 4) is 0 Å². The smallest absolute Gasteiger partial charge is 0.0655 e. The first-order valence-corrected chi connectivity index (χ1v) is 6.81. The Morgan fingerprint density at radius 2 is 1.78 bits per heavy atom. The third-order valence-electron chi connectivity index (χ3n) is 1.62. The number of hydrogen-bond acceptors (Lipinski definition) is 1. The molecular weight excluding hydrogens is 358 g/mol. The van der Waals surface area contributed by atoms with E-state index < -0.39 is 0 Å². The van der Waals surface area contributed by atoms with Crippen LogP contribution in [0.25, 0.3) is 0 Å². The van der Waals surface area contributed by atoms with E-state index in [1.807, 2.05) is 0 Å². The summed E-state index contributed by atoms with van der Waals surface area (Å²) < 4.78 is 0.862. The fourth-order valence-electron chi connectivity index (χ4n) is 0.968. The maximum absolute atomic E-state index is 2.54. The minimum atomic E-state index is 0.862. The molecule has 54 valence electrons. The Bertz CT molecular complexity index is 79.1. The molecule has 0 aliphatic carbocycles. The van der Waals surface area contributed by atoms with Gasteiger partial charge in [-0.1, -0.05) is 45.2 Å². The van der Waals surface area contributed by atoms with E-state index in [1.165, 1.54) is 24.3 Å². The second-order valence-corrected chi connectivity index (χ2v) is 8.58. The highest BCUT2D eigenvalue weighted by Gasteiger charge is 2.18. The van der Waals surface area contributed by atoms with E-state index in [4.69, 9.17) is 0 Å². The molecule has 0 atom stereocenters. The summed E-state index contributed by atoms with van der Waals surface area (Å²) in [7, 11) is 0. The Hall–Kier alpha value is 1.81. The van der Waals surface area contributed by atoms with Crippen molar-refractivity contribution in [2.75, 3.05) is 11.5 Å². The quantitative estimate of drug-likeness (QED) is 0.506. The second kappa shape index (κ2) is 4.64. The van der Waals surface area contributed by atoms with Gasteiger partial charge in [-0.15, -0.1) is 0 Å². The fourth-order valence-corrected chi connectivity index (χ4v) is 3.55. The van der Waals surface area contributed by atoms with Crippen LogP contribution in [0.3, 0.4) is 0 Å². The van der Waals surface area contributed by atoms with Gasteiger partial charge in [0.05, 0.1) is 1.93 Å². The van der Waals surface area contributed by atoms with Crippen LogP contribution in [0.5, 0.6) is 0 Å². The van der Waals surface area contributed by atoms with Crippen LogP contribution in [0.1, 0.15) is 12.8 Å². The largest absolute Gasteiger partial charge is 0.162 e. The van der Waals surface area contributed by atoms with E-state index in [1.54, 1.807) is 0 Å². The molecule has 1 rings (SSSR count). The standard InChI is InChI=1S/C6H10I2S/c7-6(8)5-1-3-9-4-2-5/h5-6H,1-4H2. The van der Waals surface area contributed by atoms with Gasteiger partial charge in [-0.05, 0) is 30.3 Å². The molecule has 0 radical (unpaired) electrons. The molecule has 0 nitrogen and oxygen atoms in total. The summed E-state index contributed by atoms with van der Waals surface area (Å²) in [5, 5.41) is 0. The normalized spacial score (nSPS) is 23.0. The Balaban J connectivity index is 2.23. The highest BCUT2D eigenvalue weighted by molar-refractivity contribution is 14.2. The summed E-state index contributed by atoms with van der Waals surface area (Å²) in [6, 6.07) is 0. The second-order valence-electron chi connectivity index (χ2n) is 2.28. The zero-order valence-electron chi connectivity index (χ0n) is 5.15. The van der Waals surface area contributed by atoms with Gasteiger partial charge in [-0.2, -0.15) is 11.8 Å². The van der Waals surface area contributed by atoms with Crippen molar-refractivity contribution in [2.24, 2.45) is 5.92 Å². The maximum atomic E-state index is 2.54. The number of hydrogen-bond donors (Lipinski definition) is 0. The molecule has 0 N–H and O–H groups in total. The van der Waals surface area contributed by atoms with Crippen LogP contribution in [0.4, 0.5) is 0 Å². The molecule has 0 aromatic rings. The van der Waals surface area contributed by atoms with Crippen LogP contribution in [0.2, 0.25) is 0 Å². The highest BCUT2D eigenvalue weighted by atomic mass is 127. The van der Waals surface area contributed by atoms with E-state index in [0.29, 0.717) is 0 Å². The van der Waals surface area contributed by atoms with Crippen molar-refractivity contribution >= 4 is 56.9 Å². The van der Waals surface area contributed by atoms with Crippen LogP contribution < -0.4 is 0 Å². The number of alkyl halides is 2. The Kier molecular flexibility index (Phi) is 4.59. The Morgan fingerprint density at radius 3 is 2.11 bits per heavy atom. The van der Waals surface area contributed by atoms with Gasteiger partial charge < -0.3 is 0 Å². The summed E-state index contributed by atoms with van der Waals surface area (Å²) in [6.45, 7) is 0. The van der Waals surface area contributed by atoms with Gasteiger partial charge in [0.15, 0.2) is 0 Å². The summed E-state index contributed by atoms with van der Waals surface area (Å²) >= 11 is 7.19. The predicted molar refractivity (Wildman–Crippen MR) is 61.9 cm³/mol. The third kappa shape index (κ3) is 3.14. The molecule has 1 aliphatic rings. The predicted octanol–water partition coefficient (Wildman–Crippen LogP) is 3.33. The molecule has 1 fully saturated rings.